The smallest absolute Gasteiger partial charge is 0.317 e. The summed E-state index contributed by atoms with van der Waals surface area (Å²) >= 11 is 0. The summed E-state index contributed by atoms with van der Waals surface area (Å²) in [5.74, 6) is 2.13. The van der Waals surface area contributed by atoms with Crippen molar-refractivity contribution in [2.45, 2.75) is 52.1 Å². The van der Waals surface area contributed by atoms with Crippen molar-refractivity contribution in [3.8, 4) is 5.75 Å². The van der Waals surface area contributed by atoms with E-state index in [1.807, 2.05) is 38.2 Å². The van der Waals surface area contributed by atoms with E-state index in [2.05, 4.69) is 19.2 Å². The van der Waals surface area contributed by atoms with Crippen LogP contribution >= 0.6 is 0 Å². The average Bonchev–Trinajstić information content (AvgIpc) is 2.55. The normalized spacial score (nSPS) is 25.5. The number of methoxy groups -OCH3 is 1. The number of urea groups is 1. The van der Waals surface area contributed by atoms with Crippen LogP contribution in [0.3, 0.4) is 0 Å². The van der Waals surface area contributed by atoms with E-state index in [-0.39, 0.29) is 18.1 Å². The zero-order valence-electron chi connectivity index (χ0n) is 15.0. The predicted octanol–water partition coefficient (Wildman–Crippen LogP) is 4.22. The van der Waals surface area contributed by atoms with E-state index in [1.165, 1.54) is 12.8 Å². The van der Waals surface area contributed by atoms with Gasteiger partial charge in [0.05, 0.1) is 13.2 Å². The van der Waals surface area contributed by atoms with Gasteiger partial charge in [0.2, 0.25) is 0 Å². The lowest BCUT2D eigenvalue weighted by atomic mass is 9.80. The first-order chi connectivity index (χ1) is 10.9. The molecule has 128 valence electrons. The molecule has 1 aliphatic carbocycles. The molecular formula is C19H30N2O2. The van der Waals surface area contributed by atoms with Gasteiger partial charge in [-0.25, -0.2) is 4.79 Å². The molecular weight excluding hydrogens is 288 g/mol. The zero-order valence-corrected chi connectivity index (χ0v) is 15.0. The Balaban J connectivity index is 2.01. The Hall–Kier alpha value is -1.71. The van der Waals surface area contributed by atoms with E-state index in [4.69, 9.17) is 4.74 Å². The summed E-state index contributed by atoms with van der Waals surface area (Å²) < 4.78 is 5.42. The molecule has 4 atom stereocenters. The van der Waals surface area contributed by atoms with Gasteiger partial charge in [0.25, 0.3) is 0 Å². The van der Waals surface area contributed by atoms with E-state index >= 15 is 0 Å². The summed E-state index contributed by atoms with van der Waals surface area (Å²) in [4.78, 5) is 14.4. The zero-order chi connectivity index (χ0) is 17.0. The van der Waals surface area contributed by atoms with Crippen LogP contribution in [0.5, 0.6) is 5.75 Å². The lowest BCUT2D eigenvalue weighted by Gasteiger charge is -2.35. The molecule has 0 aromatic heterocycles. The molecule has 1 aliphatic rings. The van der Waals surface area contributed by atoms with Crippen molar-refractivity contribution in [3.05, 3.63) is 29.8 Å². The number of hydrogen-bond donors (Lipinski definition) is 1. The number of carbonyl (C=O) groups is 1. The Bertz CT molecular complexity index is 532. The molecule has 0 heterocycles. The van der Waals surface area contributed by atoms with Gasteiger partial charge in [0.15, 0.2) is 0 Å². The number of nitrogens with one attached hydrogen (secondary N) is 1. The van der Waals surface area contributed by atoms with Crippen molar-refractivity contribution < 1.29 is 9.53 Å². The molecule has 0 spiro atoms. The summed E-state index contributed by atoms with van der Waals surface area (Å²) in [6.07, 6.45) is 3.46. The highest BCUT2D eigenvalue weighted by Gasteiger charge is 2.28. The Labute approximate surface area is 140 Å². The fraction of sp³-hybridized carbons (Fsp3) is 0.632. The maximum Gasteiger partial charge on any atom is 0.317 e. The van der Waals surface area contributed by atoms with E-state index < -0.39 is 0 Å². The van der Waals surface area contributed by atoms with Crippen LogP contribution < -0.4 is 10.1 Å². The number of rotatable bonds is 4. The van der Waals surface area contributed by atoms with Gasteiger partial charge in [-0.3, -0.25) is 0 Å². The highest BCUT2D eigenvalue weighted by molar-refractivity contribution is 5.75. The Kier molecular flexibility index (Phi) is 5.91. The van der Waals surface area contributed by atoms with Gasteiger partial charge in [-0.1, -0.05) is 32.0 Å². The molecule has 0 saturated heterocycles. The SMILES string of the molecule is COc1ccccc1C(C)N(C)C(=O)NC1CCC(C)CC1C. The fourth-order valence-electron chi connectivity index (χ4n) is 3.54. The molecule has 1 N–H and O–H groups in total. The van der Waals surface area contributed by atoms with Crippen LogP contribution in [0.25, 0.3) is 0 Å². The van der Waals surface area contributed by atoms with Crippen molar-refractivity contribution in [3.63, 3.8) is 0 Å². The van der Waals surface area contributed by atoms with Gasteiger partial charge in [-0.15, -0.1) is 0 Å². The number of nitrogens with zero attached hydrogens (tertiary/aromatic N) is 1. The lowest BCUT2D eigenvalue weighted by molar-refractivity contribution is 0.171. The average molecular weight is 318 g/mol. The highest BCUT2D eigenvalue weighted by Crippen LogP contribution is 2.30. The molecule has 23 heavy (non-hydrogen) atoms. The molecule has 0 bridgehead atoms. The predicted molar refractivity (Wildman–Crippen MR) is 93.7 cm³/mol. The first-order valence-corrected chi connectivity index (χ1v) is 8.60. The number of para-hydroxylation sites is 1. The number of carbonyl (C=O) groups excluding carboxylic acids is 1. The molecule has 1 aromatic rings. The summed E-state index contributed by atoms with van der Waals surface area (Å²) in [6, 6.07) is 8.11. The molecule has 1 aromatic carbocycles. The topological polar surface area (TPSA) is 41.6 Å². The second-order valence-corrected chi connectivity index (χ2v) is 6.98. The lowest BCUT2D eigenvalue weighted by Crippen LogP contribution is -2.48. The van der Waals surface area contributed by atoms with Crippen LogP contribution in [-0.2, 0) is 0 Å². The Morgan fingerprint density at radius 3 is 2.65 bits per heavy atom. The molecule has 4 heteroatoms. The van der Waals surface area contributed by atoms with Crippen molar-refractivity contribution in [2.24, 2.45) is 11.8 Å². The minimum absolute atomic E-state index is 0.00481. The number of ether oxygens (including phenoxy) is 1. The van der Waals surface area contributed by atoms with Crippen molar-refractivity contribution in [2.75, 3.05) is 14.2 Å². The minimum Gasteiger partial charge on any atom is -0.496 e. The Morgan fingerprint density at radius 1 is 1.30 bits per heavy atom. The molecule has 2 rings (SSSR count). The van der Waals surface area contributed by atoms with Gasteiger partial charge in [-0.2, -0.15) is 0 Å². The largest absolute Gasteiger partial charge is 0.496 e. The van der Waals surface area contributed by atoms with Crippen LogP contribution in [0.4, 0.5) is 4.79 Å². The molecule has 4 nitrogen and oxygen atoms in total. The fourth-order valence-corrected chi connectivity index (χ4v) is 3.54. The second kappa shape index (κ2) is 7.71. The van der Waals surface area contributed by atoms with E-state index in [0.717, 1.165) is 23.7 Å². The Morgan fingerprint density at radius 2 is 2.00 bits per heavy atom. The van der Waals surface area contributed by atoms with Crippen molar-refractivity contribution in [1.82, 2.24) is 10.2 Å². The molecule has 1 saturated carbocycles. The molecule has 0 radical (unpaired) electrons. The summed E-state index contributed by atoms with van der Waals surface area (Å²) in [6.45, 7) is 6.57. The van der Waals surface area contributed by atoms with E-state index in [9.17, 15) is 4.79 Å². The monoisotopic (exact) mass is 318 g/mol. The summed E-state index contributed by atoms with van der Waals surface area (Å²) in [5, 5.41) is 3.22. The third kappa shape index (κ3) is 4.18. The van der Waals surface area contributed by atoms with Crippen LogP contribution in [0.1, 0.15) is 51.6 Å². The molecule has 1 fully saturated rings. The molecule has 2 amide bonds. The van der Waals surface area contributed by atoms with Crippen LogP contribution in [0.2, 0.25) is 0 Å². The van der Waals surface area contributed by atoms with Gasteiger partial charge in [-0.05, 0) is 44.1 Å². The van der Waals surface area contributed by atoms with E-state index in [0.29, 0.717) is 5.92 Å². The maximum absolute atomic E-state index is 12.6. The standard InChI is InChI=1S/C19H30N2O2/c1-13-10-11-17(14(2)12-13)20-19(22)21(4)15(3)16-8-6-7-9-18(16)23-5/h6-9,13-15,17H,10-12H2,1-5H3,(H,20,22). The summed E-state index contributed by atoms with van der Waals surface area (Å²) in [5.41, 5.74) is 1.03. The van der Waals surface area contributed by atoms with Crippen LogP contribution in [0.15, 0.2) is 24.3 Å². The third-order valence-electron chi connectivity index (χ3n) is 5.23. The third-order valence-corrected chi connectivity index (χ3v) is 5.23. The van der Waals surface area contributed by atoms with Gasteiger partial charge in [0.1, 0.15) is 5.75 Å². The first kappa shape index (κ1) is 17.6. The van der Waals surface area contributed by atoms with Crippen LogP contribution in [-0.4, -0.2) is 31.1 Å². The first-order valence-electron chi connectivity index (χ1n) is 8.60. The van der Waals surface area contributed by atoms with Crippen molar-refractivity contribution in [1.29, 1.82) is 0 Å². The number of benzene rings is 1. The van der Waals surface area contributed by atoms with Crippen LogP contribution in [0, 0.1) is 11.8 Å². The van der Waals surface area contributed by atoms with Gasteiger partial charge >= 0.3 is 6.03 Å². The van der Waals surface area contributed by atoms with E-state index in [1.54, 1.807) is 12.0 Å². The van der Waals surface area contributed by atoms with Crippen molar-refractivity contribution >= 4 is 6.03 Å². The minimum atomic E-state index is -0.0380. The second-order valence-electron chi connectivity index (χ2n) is 6.98. The number of hydrogen-bond acceptors (Lipinski definition) is 2. The van der Waals surface area contributed by atoms with Gasteiger partial charge in [0, 0.05) is 18.7 Å². The van der Waals surface area contributed by atoms with Gasteiger partial charge < -0.3 is 15.0 Å². The maximum atomic E-state index is 12.6. The summed E-state index contributed by atoms with van der Waals surface area (Å²) in [7, 11) is 3.51. The quantitative estimate of drug-likeness (QED) is 0.903. The number of amides is 2. The molecule has 4 unspecified atom stereocenters. The molecule has 0 aliphatic heterocycles. The highest BCUT2D eigenvalue weighted by atomic mass is 16.5.